The van der Waals surface area contributed by atoms with E-state index >= 15 is 0 Å². The molecule has 4 N–H and O–H groups in total. The molecule has 1 aliphatic rings. The molecule has 1 saturated heterocycles. The molecule has 1 amide bonds. The lowest BCUT2D eigenvalue weighted by molar-refractivity contribution is -0.193. The van der Waals surface area contributed by atoms with Gasteiger partial charge in [-0.05, 0) is 62.3 Å². The summed E-state index contributed by atoms with van der Waals surface area (Å²) in [6.45, 7) is 1.91. The minimum absolute atomic E-state index is 0.0530. The van der Waals surface area contributed by atoms with Crippen LogP contribution in [-0.4, -0.2) is 88.7 Å². The normalized spacial score (nSPS) is 13.7. The lowest BCUT2D eigenvalue weighted by atomic mass is 10.0. The molecular formula is C28H30ClF6N5O5. The van der Waals surface area contributed by atoms with Crippen molar-refractivity contribution in [3.05, 3.63) is 65.4 Å². The second-order valence-corrected chi connectivity index (χ2v) is 10.3. The number of alkyl halides is 6. The summed E-state index contributed by atoms with van der Waals surface area (Å²) in [5.74, 6) is -5.57. The molecule has 10 nitrogen and oxygen atoms in total. The lowest BCUT2D eigenvalue weighted by Gasteiger charge is -2.37. The highest BCUT2D eigenvalue weighted by molar-refractivity contribution is 6.30. The maximum atomic E-state index is 12.8. The molecule has 0 bridgehead atoms. The lowest BCUT2D eigenvalue weighted by Crippen LogP contribution is -2.42. The number of nitrogens with zero attached hydrogens (tertiary/aromatic N) is 3. The van der Waals surface area contributed by atoms with Crippen molar-refractivity contribution in [2.75, 3.05) is 37.4 Å². The van der Waals surface area contributed by atoms with Gasteiger partial charge in [0, 0.05) is 35.9 Å². The van der Waals surface area contributed by atoms with Gasteiger partial charge in [0.05, 0.1) is 24.0 Å². The maximum absolute atomic E-state index is 12.8. The summed E-state index contributed by atoms with van der Waals surface area (Å²) >= 11 is 6.07. The van der Waals surface area contributed by atoms with E-state index in [1.54, 1.807) is 0 Å². The van der Waals surface area contributed by atoms with Crippen LogP contribution in [0.3, 0.4) is 0 Å². The zero-order valence-corrected chi connectivity index (χ0v) is 24.7. The molecule has 17 heteroatoms. The molecule has 1 fully saturated rings. The number of carbonyl (C=O) groups is 3. The molecule has 3 aromatic rings. The fourth-order valence-electron chi connectivity index (χ4n) is 4.14. The van der Waals surface area contributed by atoms with Crippen LogP contribution in [0.5, 0.6) is 0 Å². The second-order valence-electron chi connectivity index (χ2n) is 9.86. The van der Waals surface area contributed by atoms with Crippen LogP contribution in [0.15, 0.2) is 54.9 Å². The fourth-order valence-corrected chi connectivity index (χ4v) is 4.35. The zero-order valence-electron chi connectivity index (χ0n) is 23.9. The first-order chi connectivity index (χ1) is 20.9. The number of aliphatic carboxylic acids is 2. The van der Waals surface area contributed by atoms with E-state index in [-0.39, 0.29) is 12.3 Å². The molecule has 1 aromatic heterocycles. The Labute approximate surface area is 258 Å². The summed E-state index contributed by atoms with van der Waals surface area (Å²) in [6, 6.07) is 14.2. The summed E-state index contributed by atoms with van der Waals surface area (Å²) in [5, 5.41) is 25.0. The van der Waals surface area contributed by atoms with Gasteiger partial charge in [0.1, 0.15) is 0 Å². The van der Waals surface area contributed by atoms with Crippen molar-refractivity contribution >= 4 is 40.8 Å². The van der Waals surface area contributed by atoms with E-state index < -0.39 is 24.3 Å². The van der Waals surface area contributed by atoms with Crippen LogP contribution in [0.4, 0.5) is 37.7 Å². The number of halogens is 7. The molecule has 2 aromatic carbocycles. The largest absolute Gasteiger partial charge is 0.490 e. The van der Waals surface area contributed by atoms with Crippen LogP contribution >= 0.6 is 11.6 Å². The molecule has 4 rings (SSSR count). The number of benzene rings is 2. The number of piperidine rings is 1. The van der Waals surface area contributed by atoms with Crippen molar-refractivity contribution in [2.24, 2.45) is 0 Å². The van der Waals surface area contributed by atoms with Gasteiger partial charge < -0.3 is 25.3 Å². The number of aromatic nitrogens is 2. The SMILES string of the molecule is CN(C)C1CCN(c2cc(-c3cn[nH]c3)ccc2NC(=O)Cc2cccc(Cl)c2)CC1.O=C(O)C(F)(F)F.O=C(O)C(F)(F)F. The van der Waals surface area contributed by atoms with Crippen LogP contribution in [0.1, 0.15) is 18.4 Å². The van der Waals surface area contributed by atoms with Crippen LogP contribution in [0, 0.1) is 0 Å². The number of hydrogen-bond acceptors (Lipinski definition) is 6. The van der Waals surface area contributed by atoms with Crippen LogP contribution in [-0.2, 0) is 20.8 Å². The molecule has 0 saturated carbocycles. The topological polar surface area (TPSA) is 139 Å². The van der Waals surface area contributed by atoms with Gasteiger partial charge in [-0.15, -0.1) is 0 Å². The van der Waals surface area contributed by atoms with E-state index in [1.165, 1.54) is 0 Å². The number of carboxylic acids is 2. The Morgan fingerprint density at radius 1 is 0.978 bits per heavy atom. The van der Waals surface area contributed by atoms with Crippen LogP contribution in [0.2, 0.25) is 5.02 Å². The summed E-state index contributed by atoms with van der Waals surface area (Å²) in [4.78, 5) is 35.3. The van der Waals surface area contributed by atoms with Gasteiger partial charge in [-0.3, -0.25) is 9.89 Å². The molecule has 0 atom stereocenters. The highest BCUT2D eigenvalue weighted by atomic mass is 35.5. The molecule has 0 radical (unpaired) electrons. The highest BCUT2D eigenvalue weighted by Crippen LogP contribution is 2.34. The molecular weight excluding hydrogens is 636 g/mol. The second kappa shape index (κ2) is 16.1. The van der Waals surface area contributed by atoms with Crippen molar-refractivity contribution in [1.82, 2.24) is 15.1 Å². The van der Waals surface area contributed by atoms with Crippen molar-refractivity contribution in [3.63, 3.8) is 0 Å². The first-order valence-corrected chi connectivity index (χ1v) is 13.4. The molecule has 0 spiro atoms. The molecule has 0 unspecified atom stereocenters. The van der Waals surface area contributed by atoms with Crippen molar-refractivity contribution < 1.29 is 50.9 Å². The monoisotopic (exact) mass is 665 g/mol. The predicted octanol–water partition coefficient (Wildman–Crippen LogP) is 5.71. The summed E-state index contributed by atoms with van der Waals surface area (Å²) < 4.78 is 63.5. The van der Waals surface area contributed by atoms with Crippen molar-refractivity contribution in [3.8, 4) is 11.1 Å². The number of aromatic amines is 1. The van der Waals surface area contributed by atoms with Gasteiger partial charge >= 0.3 is 24.3 Å². The molecule has 1 aliphatic heterocycles. The molecule has 0 aliphatic carbocycles. The van der Waals surface area contributed by atoms with Crippen molar-refractivity contribution in [1.29, 1.82) is 0 Å². The number of anilines is 2. The first kappa shape index (κ1) is 36.9. The minimum Gasteiger partial charge on any atom is -0.475 e. The summed E-state index contributed by atoms with van der Waals surface area (Å²) in [7, 11) is 4.28. The maximum Gasteiger partial charge on any atom is 0.490 e. The zero-order chi connectivity index (χ0) is 33.9. The average molecular weight is 666 g/mol. The number of rotatable bonds is 6. The molecule has 2 heterocycles. The van der Waals surface area contributed by atoms with E-state index in [0.717, 1.165) is 54.0 Å². The van der Waals surface area contributed by atoms with E-state index in [0.29, 0.717) is 11.1 Å². The van der Waals surface area contributed by atoms with E-state index in [1.807, 2.05) is 48.8 Å². The number of hydrogen-bond donors (Lipinski definition) is 4. The Bertz CT molecular complexity index is 1400. The highest BCUT2D eigenvalue weighted by Gasteiger charge is 2.38. The van der Waals surface area contributed by atoms with Crippen LogP contribution in [0.25, 0.3) is 11.1 Å². The number of H-pyrrole nitrogens is 1. The third-order valence-corrected chi connectivity index (χ3v) is 6.61. The van der Waals surface area contributed by atoms with Crippen LogP contribution < -0.4 is 10.2 Å². The van der Waals surface area contributed by atoms with Gasteiger partial charge in [-0.25, -0.2) is 9.59 Å². The van der Waals surface area contributed by atoms with Gasteiger partial charge in [-0.1, -0.05) is 29.8 Å². The van der Waals surface area contributed by atoms with Crippen molar-refractivity contribution in [2.45, 2.75) is 37.7 Å². The Hall–Kier alpha value is -4.31. The third-order valence-electron chi connectivity index (χ3n) is 6.38. The minimum atomic E-state index is -5.08. The van der Waals surface area contributed by atoms with Gasteiger partial charge in [0.15, 0.2) is 0 Å². The fraction of sp³-hybridized carbons (Fsp3) is 0.357. The van der Waals surface area contributed by atoms with Gasteiger partial charge in [-0.2, -0.15) is 31.4 Å². The van der Waals surface area contributed by atoms with Gasteiger partial charge in [0.25, 0.3) is 0 Å². The Morgan fingerprint density at radius 3 is 2.02 bits per heavy atom. The number of amides is 1. The number of carbonyl (C=O) groups excluding carboxylic acids is 1. The Kier molecular flexibility index (Phi) is 13.2. The standard InChI is InChI=1S/C24H28ClN5O.2C2HF3O2/c1-29(2)21-8-10-30(11-9-21)23-14-18(19-15-26-27-16-19)6-7-22(23)28-24(31)13-17-4-3-5-20(25)12-17;2*3-2(4,5)1(6)7/h3-7,12,14-16,21H,8-11,13H2,1-2H3,(H,26,27)(H,28,31);2*(H,6,7). The summed E-state index contributed by atoms with van der Waals surface area (Å²) in [5.41, 5.74) is 4.89. The number of nitrogens with one attached hydrogen (secondary N) is 2. The predicted molar refractivity (Wildman–Crippen MR) is 154 cm³/mol. The molecule has 45 heavy (non-hydrogen) atoms. The third kappa shape index (κ3) is 12.3. The smallest absolute Gasteiger partial charge is 0.475 e. The average Bonchev–Trinajstić information content (AvgIpc) is 3.48. The molecule has 246 valence electrons. The number of carboxylic acid groups (broad SMARTS) is 2. The Balaban J connectivity index is 0.000000421. The first-order valence-electron chi connectivity index (χ1n) is 13.1. The van der Waals surface area contributed by atoms with E-state index in [2.05, 4.69) is 45.5 Å². The van der Waals surface area contributed by atoms with E-state index in [4.69, 9.17) is 31.4 Å². The van der Waals surface area contributed by atoms with Gasteiger partial charge in [0.2, 0.25) is 5.91 Å². The quantitative estimate of drug-likeness (QED) is 0.246. The summed E-state index contributed by atoms with van der Waals surface area (Å²) in [6.07, 6.45) is -3.99. The van der Waals surface area contributed by atoms with E-state index in [9.17, 15) is 31.1 Å². The Morgan fingerprint density at radius 2 is 1.56 bits per heavy atom.